The van der Waals surface area contributed by atoms with Gasteiger partial charge in [0, 0.05) is 24.5 Å². The molecule has 0 aliphatic carbocycles. The quantitative estimate of drug-likeness (QED) is 0.931. The van der Waals surface area contributed by atoms with E-state index in [1.54, 1.807) is 6.07 Å². The van der Waals surface area contributed by atoms with E-state index in [4.69, 9.17) is 0 Å². The Morgan fingerprint density at radius 1 is 1.00 bits per heavy atom. The van der Waals surface area contributed by atoms with Crippen molar-refractivity contribution in [2.45, 2.75) is 39.5 Å². The zero-order valence-electron chi connectivity index (χ0n) is 14.4. The minimum absolute atomic E-state index is 0.00866. The highest BCUT2D eigenvalue weighted by molar-refractivity contribution is 5.92. The maximum Gasteiger partial charge on any atom is 0.272 e. The molecule has 1 saturated heterocycles. The van der Waals surface area contributed by atoms with Crippen LogP contribution in [0.2, 0.25) is 0 Å². The third-order valence-corrected chi connectivity index (χ3v) is 4.27. The predicted octanol–water partition coefficient (Wildman–Crippen LogP) is 3.85. The summed E-state index contributed by atoms with van der Waals surface area (Å²) in [5, 5.41) is 3.19. The summed E-state index contributed by atoms with van der Waals surface area (Å²) in [6.45, 7) is 5.58. The van der Waals surface area contributed by atoms with Gasteiger partial charge in [-0.25, -0.2) is 9.97 Å². The molecule has 1 amide bonds. The van der Waals surface area contributed by atoms with Crippen molar-refractivity contribution in [3.05, 3.63) is 47.3 Å². The van der Waals surface area contributed by atoms with Crippen molar-refractivity contribution in [3.63, 3.8) is 0 Å². The average molecular weight is 324 g/mol. The fraction of sp³-hybridized carbons (Fsp3) is 0.421. The van der Waals surface area contributed by atoms with Gasteiger partial charge in [0.15, 0.2) is 0 Å². The summed E-state index contributed by atoms with van der Waals surface area (Å²) in [7, 11) is 0. The molecule has 2 heterocycles. The number of amides is 1. The van der Waals surface area contributed by atoms with E-state index in [0.29, 0.717) is 11.6 Å². The van der Waals surface area contributed by atoms with Crippen LogP contribution in [0.5, 0.6) is 0 Å². The van der Waals surface area contributed by atoms with Gasteiger partial charge in [0.25, 0.3) is 5.91 Å². The van der Waals surface area contributed by atoms with Crippen molar-refractivity contribution in [1.82, 2.24) is 14.9 Å². The minimum Gasteiger partial charge on any atom is -0.337 e. The van der Waals surface area contributed by atoms with Crippen LogP contribution in [0.25, 0.3) is 0 Å². The molecule has 5 heteroatoms. The fourth-order valence-electron chi connectivity index (χ4n) is 2.94. The lowest BCUT2D eigenvalue weighted by atomic mass is 10.2. The van der Waals surface area contributed by atoms with Crippen molar-refractivity contribution < 1.29 is 4.79 Å². The zero-order valence-corrected chi connectivity index (χ0v) is 14.4. The number of nitrogens with zero attached hydrogens (tertiary/aromatic N) is 3. The van der Waals surface area contributed by atoms with Crippen LogP contribution in [-0.4, -0.2) is 33.9 Å². The first kappa shape index (κ1) is 16.4. The second-order valence-corrected chi connectivity index (χ2v) is 6.42. The van der Waals surface area contributed by atoms with Gasteiger partial charge in [0.05, 0.1) is 0 Å². The number of hydrogen-bond donors (Lipinski definition) is 1. The van der Waals surface area contributed by atoms with Crippen LogP contribution in [-0.2, 0) is 0 Å². The van der Waals surface area contributed by atoms with Gasteiger partial charge in [-0.2, -0.15) is 0 Å². The molecule has 0 unspecified atom stereocenters. The maximum atomic E-state index is 12.8. The number of carbonyl (C=O) groups is 1. The summed E-state index contributed by atoms with van der Waals surface area (Å²) in [5.41, 5.74) is 3.37. The molecule has 3 rings (SSSR count). The van der Waals surface area contributed by atoms with E-state index in [1.807, 2.05) is 43.0 Å². The summed E-state index contributed by atoms with van der Waals surface area (Å²) < 4.78 is 0. The van der Waals surface area contributed by atoms with E-state index < -0.39 is 0 Å². The Hall–Kier alpha value is -2.43. The van der Waals surface area contributed by atoms with E-state index in [0.717, 1.165) is 37.3 Å². The van der Waals surface area contributed by atoms with Gasteiger partial charge < -0.3 is 10.2 Å². The highest BCUT2D eigenvalue weighted by atomic mass is 16.2. The second kappa shape index (κ2) is 7.43. The Labute approximate surface area is 143 Å². The second-order valence-electron chi connectivity index (χ2n) is 6.42. The Bertz CT molecular complexity index is 704. The van der Waals surface area contributed by atoms with E-state index in [1.165, 1.54) is 18.4 Å². The van der Waals surface area contributed by atoms with Gasteiger partial charge in [-0.3, -0.25) is 4.79 Å². The normalized spacial score (nSPS) is 15.0. The molecule has 1 aromatic carbocycles. The van der Waals surface area contributed by atoms with Crippen LogP contribution in [0.4, 0.5) is 11.6 Å². The first-order valence-corrected chi connectivity index (χ1v) is 8.60. The number of carbonyl (C=O) groups excluding carboxylic acids is 1. The Balaban J connectivity index is 1.80. The smallest absolute Gasteiger partial charge is 0.272 e. The van der Waals surface area contributed by atoms with Crippen molar-refractivity contribution >= 4 is 17.5 Å². The summed E-state index contributed by atoms with van der Waals surface area (Å²) in [4.78, 5) is 23.5. The van der Waals surface area contributed by atoms with Gasteiger partial charge in [0.1, 0.15) is 5.69 Å². The van der Waals surface area contributed by atoms with Gasteiger partial charge in [-0.15, -0.1) is 0 Å². The molecule has 0 bridgehead atoms. The Morgan fingerprint density at radius 3 is 2.33 bits per heavy atom. The largest absolute Gasteiger partial charge is 0.337 e. The van der Waals surface area contributed by atoms with Gasteiger partial charge in [0.2, 0.25) is 5.95 Å². The fourth-order valence-corrected chi connectivity index (χ4v) is 2.94. The summed E-state index contributed by atoms with van der Waals surface area (Å²) in [6.07, 6.45) is 4.55. The molecule has 2 aromatic rings. The molecule has 1 aliphatic rings. The highest BCUT2D eigenvalue weighted by Gasteiger charge is 2.19. The lowest BCUT2D eigenvalue weighted by molar-refractivity contribution is 0.0755. The minimum atomic E-state index is 0.00866. The van der Waals surface area contributed by atoms with E-state index in [9.17, 15) is 4.79 Å². The van der Waals surface area contributed by atoms with E-state index >= 15 is 0 Å². The molecule has 1 fully saturated rings. The zero-order chi connectivity index (χ0) is 16.9. The first-order valence-electron chi connectivity index (χ1n) is 8.60. The number of rotatable bonds is 3. The standard InChI is InChI=1S/C19H24N4O/c1-14-7-9-16(10-8-14)21-19-20-15(2)13-17(22-19)18(24)23-11-5-3-4-6-12-23/h7-10,13H,3-6,11-12H2,1-2H3,(H,20,21,22). The molecule has 24 heavy (non-hydrogen) atoms. The lowest BCUT2D eigenvalue weighted by Crippen LogP contribution is -2.32. The highest BCUT2D eigenvalue weighted by Crippen LogP contribution is 2.17. The molecule has 0 saturated carbocycles. The van der Waals surface area contributed by atoms with Crippen molar-refractivity contribution in [1.29, 1.82) is 0 Å². The van der Waals surface area contributed by atoms with Crippen LogP contribution < -0.4 is 5.32 Å². The molecular formula is C19H24N4O. The summed E-state index contributed by atoms with van der Waals surface area (Å²) >= 11 is 0. The van der Waals surface area contributed by atoms with Crippen molar-refractivity contribution in [3.8, 4) is 0 Å². The molecule has 1 N–H and O–H groups in total. The van der Waals surface area contributed by atoms with E-state index in [-0.39, 0.29) is 5.91 Å². The summed E-state index contributed by atoms with van der Waals surface area (Å²) in [5.74, 6) is 0.478. The SMILES string of the molecule is Cc1ccc(Nc2nc(C)cc(C(=O)N3CCCCCC3)n2)cc1. The molecule has 0 radical (unpaired) electrons. The molecular weight excluding hydrogens is 300 g/mol. The summed E-state index contributed by atoms with van der Waals surface area (Å²) in [6, 6.07) is 9.80. The first-order chi connectivity index (χ1) is 11.6. The molecule has 5 nitrogen and oxygen atoms in total. The molecule has 0 spiro atoms. The molecule has 1 aromatic heterocycles. The Kier molecular flexibility index (Phi) is 5.08. The average Bonchev–Trinajstić information content (AvgIpc) is 2.85. The number of anilines is 2. The van der Waals surface area contributed by atoms with Gasteiger partial charge in [-0.1, -0.05) is 30.5 Å². The van der Waals surface area contributed by atoms with E-state index in [2.05, 4.69) is 15.3 Å². The molecule has 126 valence electrons. The molecule has 0 atom stereocenters. The molecule has 1 aliphatic heterocycles. The number of benzene rings is 1. The monoisotopic (exact) mass is 324 g/mol. The van der Waals surface area contributed by atoms with Crippen LogP contribution in [0, 0.1) is 13.8 Å². The predicted molar refractivity (Wildman–Crippen MR) is 95.6 cm³/mol. The third-order valence-electron chi connectivity index (χ3n) is 4.27. The number of likely N-dealkylation sites (tertiary alicyclic amines) is 1. The third kappa shape index (κ3) is 4.10. The number of aryl methyl sites for hydroxylation is 2. The topological polar surface area (TPSA) is 58.1 Å². The maximum absolute atomic E-state index is 12.8. The Morgan fingerprint density at radius 2 is 1.67 bits per heavy atom. The lowest BCUT2D eigenvalue weighted by Gasteiger charge is -2.20. The van der Waals surface area contributed by atoms with Crippen molar-refractivity contribution in [2.24, 2.45) is 0 Å². The van der Waals surface area contributed by atoms with Gasteiger partial charge >= 0.3 is 0 Å². The van der Waals surface area contributed by atoms with Crippen molar-refractivity contribution in [2.75, 3.05) is 18.4 Å². The van der Waals surface area contributed by atoms with Crippen LogP contribution in [0.15, 0.2) is 30.3 Å². The van der Waals surface area contributed by atoms with Gasteiger partial charge in [-0.05, 0) is 44.9 Å². The van der Waals surface area contributed by atoms with Crippen LogP contribution in [0.3, 0.4) is 0 Å². The van der Waals surface area contributed by atoms with Crippen LogP contribution in [0.1, 0.15) is 47.4 Å². The number of nitrogens with one attached hydrogen (secondary N) is 1. The number of aromatic nitrogens is 2. The number of hydrogen-bond acceptors (Lipinski definition) is 4. The van der Waals surface area contributed by atoms with Crippen LogP contribution >= 0.6 is 0 Å².